The summed E-state index contributed by atoms with van der Waals surface area (Å²) in [6, 6.07) is 101. The van der Waals surface area contributed by atoms with Crippen molar-refractivity contribution in [1.82, 2.24) is 18.3 Å². The largest absolute Gasteiger partial charge is 0.458 e. The van der Waals surface area contributed by atoms with Crippen LogP contribution in [0, 0.1) is 0 Å². The van der Waals surface area contributed by atoms with Crippen molar-refractivity contribution in [3.63, 3.8) is 0 Å². The van der Waals surface area contributed by atoms with Crippen LogP contribution in [0.1, 0.15) is 73.3 Å². The second-order valence-electron chi connectivity index (χ2n) is 26.1. The standard InChI is InChI=1S/C85H59BN4O/c1-49(2)56-45-69-50(3)61-19-13-21-67-71-43-54(52-27-33-57(34-28-52)87-75-23-9-5-15-63(75)64-16-6-10-24-76(64)87)31-39-79(71)89(84(61)67)59-37-41-81-73(47-59)86-74-48-60(38-42-82(74)91-81)90-80-40-32-55(44-72(80)68-22-14-20-62(85(68)90)51(4)70(46-56)83(69)86)53-29-35-58(36-30-53)88-77-25-11-7-17-65(77)66-18-8-12-26-78(66)88/h5-51H,1-4H3. The van der Waals surface area contributed by atoms with E-state index in [1.54, 1.807) is 0 Å². The van der Waals surface area contributed by atoms with E-state index in [1.165, 1.54) is 154 Å². The molecule has 2 unspecified atom stereocenters. The molecule has 4 bridgehead atoms. The lowest BCUT2D eigenvalue weighted by atomic mass is 9.33. The Morgan fingerprint density at radius 1 is 0.308 bits per heavy atom. The number of para-hydroxylation sites is 6. The van der Waals surface area contributed by atoms with Crippen LogP contribution in [0.5, 0.6) is 11.5 Å². The van der Waals surface area contributed by atoms with Crippen LogP contribution in [0.3, 0.4) is 0 Å². The lowest BCUT2D eigenvalue weighted by Crippen LogP contribution is -2.58. The minimum Gasteiger partial charge on any atom is -0.458 e. The predicted molar refractivity (Wildman–Crippen MR) is 381 cm³/mol. The molecule has 3 aliphatic heterocycles. The van der Waals surface area contributed by atoms with Crippen LogP contribution in [0.4, 0.5) is 0 Å². The molecular formula is C85H59BN4O. The van der Waals surface area contributed by atoms with Gasteiger partial charge >= 0.3 is 0 Å². The van der Waals surface area contributed by atoms with Gasteiger partial charge in [0.15, 0.2) is 0 Å². The van der Waals surface area contributed by atoms with E-state index in [0.29, 0.717) is 5.92 Å². The van der Waals surface area contributed by atoms with Crippen molar-refractivity contribution in [2.24, 2.45) is 0 Å². The molecule has 3 aliphatic rings. The van der Waals surface area contributed by atoms with Gasteiger partial charge in [-0.05, 0) is 176 Å². The molecule has 0 spiro atoms. The Morgan fingerprint density at radius 3 is 1.08 bits per heavy atom. The summed E-state index contributed by atoms with van der Waals surface area (Å²) in [4.78, 5) is 0. The topological polar surface area (TPSA) is 28.9 Å². The molecule has 7 heterocycles. The molecule has 6 heteroatoms. The minimum atomic E-state index is -0.117. The maximum atomic E-state index is 7.21. The lowest BCUT2D eigenvalue weighted by Gasteiger charge is -2.35. The molecule has 0 fully saturated rings. The third kappa shape index (κ3) is 7.08. The first kappa shape index (κ1) is 50.9. The molecule has 20 rings (SSSR count). The number of fused-ring (bicyclic) bond motifs is 16. The molecular weight excluding hydrogens is 1100 g/mol. The molecule has 0 aliphatic carbocycles. The molecule has 4 aromatic heterocycles. The zero-order chi connectivity index (χ0) is 60.1. The van der Waals surface area contributed by atoms with Crippen molar-refractivity contribution in [2.75, 3.05) is 0 Å². The van der Waals surface area contributed by atoms with Crippen LogP contribution < -0.4 is 21.1 Å². The van der Waals surface area contributed by atoms with E-state index in [1.807, 2.05) is 0 Å². The highest BCUT2D eigenvalue weighted by Gasteiger charge is 2.41. The monoisotopic (exact) mass is 1160 g/mol. The number of aromatic nitrogens is 4. The van der Waals surface area contributed by atoms with Crippen LogP contribution in [0.25, 0.3) is 132 Å². The highest BCUT2D eigenvalue weighted by atomic mass is 16.5. The molecule has 17 aromatic rings. The first-order valence-corrected chi connectivity index (χ1v) is 32.3. The number of ether oxygens (including phenoxy) is 1. The van der Waals surface area contributed by atoms with Crippen LogP contribution in [0.2, 0.25) is 0 Å². The van der Waals surface area contributed by atoms with E-state index in [4.69, 9.17) is 4.74 Å². The summed E-state index contributed by atoms with van der Waals surface area (Å²) in [5, 5.41) is 10.1. The summed E-state index contributed by atoms with van der Waals surface area (Å²) < 4.78 is 17.1. The van der Waals surface area contributed by atoms with Crippen molar-refractivity contribution in [3.05, 3.63) is 295 Å². The van der Waals surface area contributed by atoms with Gasteiger partial charge in [0, 0.05) is 77.7 Å². The van der Waals surface area contributed by atoms with Gasteiger partial charge in [-0.15, -0.1) is 0 Å². The number of nitrogens with zero attached hydrogens (tertiary/aromatic N) is 4. The third-order valence-electron chi connectivity index (χ3n) is 21.1. The molecule has 0 radical (unpaired) electrons. The average molecular weight is 1160 g/mol. The van der Waals surface area contributed by atoms with E-state index >= 15 is 0 Å². The fourth-order valence-electron chi connectivity index (χ4n) is 16.8. The lowest BCUT2D eigenvalue weighted by molar-refractivity contribution is 0.487. The highest BCUT2D eigenvalue weighted by Crippen LogP contribution is 2.47. The van der Waals surface area contributed by atoms with Gasteiger partial charge in [0.1, 0.15) is 11.5 Å². The van der Waals surface area contributed by atoms with Crippen molar-refractivity contribution in [1.29, 1.82) is 0 Å². The molecule has 0 N–H and O–H groups in total. The quantitative estimate of drug-likeness (QED) is 0.158. The Balaban J connectivity index is 0.760. The Kier molecular flexibility index (Phi) is 10.5. The van der Waals surface area contributed by atoms with Gasteiger partial charge in [0.05, 0.1) is 44.1 Å². The van der Waals surface area contributed by atoms with E-state index in [2.05, 4.69) is 313 Å². The molecule has 91 heavy (non-hydrogen) atoms. The van der Waals surface area contributed by atoms with Gasteiger partial charge in [0.25, 0.3) is 6.71 Å². The first-order valence-electron chi connectivity index (χ1n) is 32.3. The molecule has 428 valence electrons. The van der Waals surface area contributed by atoms with Gasteiger partial charge in [-0.2, -0.15) is 0 Å². The van der Waals surface area contributed by atoms with Crippen molar-refractivity contribution >= 4 is 110 Å². The van der Waals surface area contributed by atoms with E-state index in [-0.39, 0.29) is 18.5 Å². The first-order chi connectivity index (χ1) is 44.8. The molecule has 0 amide bonds. The minimum absolute atomic E-state index is 0.0286. The zero-order valence-electron chi connectivity index (χ0n) is 50.9. The fourth-order valence-corrected chi connectivity index (χ4v) is 16.8. The highest BCUT2D eigenvalue weighted by molar-refractivity contribution is 6.97. The maximum absolute atomic E-state index is 7.21. The number of hydrogen-bond donors (Lipinski definition) is 0. The Hall–Kier alpha value is -11.1. The van der Waals surface area contributed by atoms with Crippen molar-refractivity contribution in [3.8, 4) is 56.5 Å². The Labute approximate surface area is 526 Å². The van der Waals surface area contributed by atoms with E-state index in [0.717, 1.165) is 34.2 Å². The zero-order valence-corrected chi connectivity index (χ0v) is 50.9. The Morgan fingerprint density at radius 2 is 0.670 bits per heavy atom. The molecule has 0 saturated heterocycles. The van der Waals surface area contributed by atoms with Gasteiger partial charge in [-0.25, -0.2) is 0 Å². The summed E-state index contributed by atoms with van der Waals surface area (Å²) in [6.07, 6.45) is 0. The van der Waals surface area contributed by atoms with Gasteiger partial charge < -0.3 is 23.0 Å². The SMILES string of the molecule is CC(C)c1cc2c3c(c1)C(C)c1cccc4c5cc(-c6ccc(-n7c8ccccc8c8ccccc87)cc6)ccc5n(c14)-c1ccc4c(c1)B3c1cc(ccc1O4)-n1c3ccc(-c4ccc(-n5c6ccccc6c6ccccc65)cc4)cc3c3cccc(c31)C2C. The second-order valence-corrected chi connectivity index (χ2v) is 26.1. The fraction of sp³-hybridized carbons (Fsp3) is 0.0824. The van der Waals surface area contributed by atoms with Crippen molar-refractivity contribution in [2.45, 2.75) is 45.4 Å². The summed E-state index contributed by atoms with van der Waals surface area (Å²) in [6.45, 7) is 9.57. The van der Waals surface area contributed by atoms with Crippen LogP contribution in [-0.4, -0.2) is 25.0 Å². The smallest absolute Gasteiger partial charge is 0.251 e. The normalized spacial score (nSPS) is 14.8. The number of rotatable bonds is 5. The summed E-state index contributed by atoms with van der Waals surface area (Å²) in [5.74, 6) is 2.18. The van der Waals surface area contributed by atoms with Gasteiger partial charge in [-0.3, -0.25) is 0 Å². The molecule has 2 atom stereocenters. The number of hydrogen-bond acceptors (Lipinski definition) is 1. The van der Waals surface area contributed by atoms with Crippen LogP contribution >= 0.6 is 0 Å². The van der Waals surface area contributed by atoms with Crippen LogP contribution in [-0.2, 0) is 0 Å². The van der Waals surface area contributed by atoms with Gasteiger partial charge in [-0.1, -0.05) is 191 Å². The van der Waals surface area contributed by atoms with Crippen LogP contribution in [0.15, 0.2) is 267 Å². The van der Waals surface area contributed by atoms with Gasteiger partial charge in [0.2, 0.25) is 0 Å². The van der Waals surface area contributed by atoms with E-state index in [9.17, 15) is 0 Å². The summed E-state index contributed by atoms with van der Waals surface area (Å²) in [5.41, 5.74) is 29.7. The second kappa shape index (κ2) is 18.7. The number of benzene rings is 13. The molecule has 5 nitrogen and oxygen atoms in total. The van der Waals surface area contributed by atoms with E-state index < -0.39 is 0 Å². The maximum Gasteiger partial charge on any atom is 0.251 e. The third-order valence-corrected chi connectivity index (χ3v) is 21.1. The average Bonchev–Trinajstić information content (AvgIpc) is 1.71. The van der Waals surface area contributed by atoms with Crippen molar-refractivity contribution < 1.29 is 4.74 Å². The summed E-state index contributed by atoms with van der Waals surface area (Å²) in [7, 11) is 0. The molecule has 0 saturated carbocycles. The Bertz CT molecular complexity index is 5540. The summed E-state index contributed by atoms with van der Waals surface area (Å²) >= 11 is 0. The molecule has 13 aromatic carbocycles. The predicted octanol–water partition coefficient (Wildman–Crippen LogP) is 20.1.